The topological polar surface area (TPSA) is 38.1 Å². The molecular weight excluding hydrogens is 224 g/mol. The summed E-state index contributed by atoms with van der Waals surface area (Å²) in [6.45, 7) is 4.11. The Hall–Kier alpha value is -1.35. The van der Waals surface area contributed by atoms with Gasteiger partial charge >= 0.3 is 0 Å². The fourth-order valence-electron chi connectivity index (χ4n) is 2.29. The van der Waals surface area contributed by atoms with Gasteiger partial charge in [-0.3, -0.25) is 4.68 Å². The molecule has 0 bridgehead atoms. The second-order valence-corrected chi connectivity index (χ2v) is 5.29. The van der Waals surface area contributed by atoms with E-state index in [1.807, 2.05) is 17.8 Å². The maximum absolute atomic E-state index is 9.80. The molecule has 0 saturated carbocycles. The Balaban J connectivity index is 2.04. The minimum absolute atomic E-state index is 0.194. The lowest BCUT2D eigenvalue weighted by Crippen LogP contribution is -2.14. The number of para-hydroxylation sites is 1. The van der Waals surface area contributed by atoms with Gasteiger partial charge < -0.3 is 5.11 Å². The van der Waals surface area contributed by atoms with Crippen molar-refractivity contribution in [2.45, 2.75) is 39.2 Å². The molecule has 98 valence electrons. The van der Waals surface area contributed by atoms with Crippen LogP contribution < -0.4 is 0 Å². The summed E-state index contributed by atoms with van der Waals surface area (Å²) in [5.41, 5.74) is 2.32. The van der Waals surface area contributed by atoms with Crippen LogP contribution >= 0.6 is 0 Å². The average molecular weight is 246 g/mol. The number of aliphatic hydroxyl groups excluding tert-OH is 1. The van der Waals surface area contributed by atoms with Gasteiger partial charge in [-0.25, -0.2) is 0 Å². The van der Waals surface area contributed by atoms with Crippen LogP contribution in [0.25, 0.3) is 10.9 Å². The summed E-state index contributed by atoms with van der Waals surface area (Å²) < 4.78 is 1.93. The first kappa shape index (κ1) is 13.1. The van der Waals surface area contributed by atoms with E-state index in [1.165, 1.54) is 10.9 Å². The Morgan fingerprint density at radius 3 is 2.72 bits per heavy atom. The predicted molar refractivity (Wildman–Crippen MR) is 74.5 cm³/mol. The zero-order chi connectivity index (χ0) is 13.1. The number of rotatable bonds is 5. The quantitative estimate of drug-likeness (QED) is 0.881. The second kappa shape index (κ2) is 5.53. The zero-order valence-corrected chi connectivity index (χ0v) is 11.4. The number of aromatic nitrogens is 2. The van der Waals surface area contributed by atoms with E-state index in [-0.39, 0.29) is 6.10 Å². The van der Waals surface area contributed by atoms with Gasteiger partial charge in [-0.05, 0) is 31.2 Å². The predicted octanol–water partition coefficient (Wildman–Crippen LogP) is 2.91. The molecule has 1 atom stereocenters. The highest BCUT2D eigenvalue weighted by Crippen LogP contribution is 2.20. The van der Waals surface area contributed by atoms with Crippen molar-refractivity contribution < 1.29 is 5.11 Å². The highest BCUT2D eigenvalue weighted by atomic mass is 16.3. The molecule has 2 aromatic rings. The molecule has 1 heterocycles. The molecule has 1 N–H and O–H groups in total. The number of aryl methyl sites for hydroxylation is 2. The van der Waals surface area contributed by atoms with Crippen LogP contribution in [0, 0.1) is 5.92 Å². The Labute approximate surface area is 108 Å². The van der Waals surface area contributed by atoms with Gasteiger partial charge in [-0.1, -0.05) is 32.0 Å². The number of hydrogen-bond acceptors (Lipinski definition) is 2. The van der Waals surface area contributed by atoms with Gasteiger partial charge in [-0.15, -0.1) is 0 Å². The first-order chi connectivity index (χ1) is 8.59. The Bertz CT molecular complexity index is 516. The molecular formula is C15H22N2O. The van der Waals surface area contributed by atoms with Gasteiger partial charge in [0.1, 0.15) is 0 Å². The lowest BCUT2D eigenvalue weighted by molar-refractivity contribution is 0.114. The van der Waals surface area contributed by atoms with Crippen LogP contribution in [0.4, 0.5) is 0 Å². The molecule has 0 radical (unpaired) electrons. The van der Waals surface area contributed by atoms with Gasteiger partial charge in [-0.2, -0.15) is 5.10 Å². The summed E-state index contributed by atoms with van der Waals surface area (Å²) in [7, 11) is 1.98. The number of nitrogens with zero attached hydrogens (tertiary/aromatic N) is 2. The third-order valence-corrected chi connectivity index (χ3v) is 3.52. The Kier molecular flexibility index (Phi) is 4.02. The minimum atomic E-state index is -0.194. The van der Waals surface area contributed by atoms with Crippen LogP contribution in [0.15, 0.2) is 24.3 Å². The lowest BCUT2D eigenvalue weighted by atomic mass is 10.0. The summed E-state index contributed by atoms with van der Waals surface area (Å²) in [6, 6.07) is 8.30. The van der Waals surface area contributed by atoms with E-state index in [1.54, 1.807) is 0 Å². The molecule has 1 aromatic heterocycles. The molecule has 3 heteroatoms. The van der Waals surface area contributed by atoms with Crippen LogP contribution in [0.2, 0.25) is 0 Å². The van der Waals surface area contributed by atoms with Crippen molar-refractivity contribution in [2.24, 2.45) is 13.0 Å². The molecule has 0 amide bonds. The van der Waals surface area contributed by atoms with Crippen LogP contribution in [-0.4, -0.2) is 21.0 Å². The van der Waals surface area contributed by atoms with E-state index in [4.69, 9.17) is 0 Å². The van der Waals surface area contributed by atoms with E-state index >= 15 is 0 Å². The van der Waals surface area contributed by atoms with Gasteiger partial charge in [0.25, 0.3) is 0 Å². The van der Waals surface area contributed by atoms with E-state index in [2.05, 4.69) is 37.1 Å². The van der Waals surface area contributed by atoms with E-state index in [0.717, 1.165) is 25.0 Å². The summed E-state index contributed by atoms with van der Waals surface area (Å²) in [5, 5.41) is 15.6. The number of aliphatic hydroxyl groups is 1. The maximum atomic E-state index is 9.80. The van der Waals surface area contributed by atoms with Crippen molar-refractivity contribution in [3.05, 3.63) is 30.0 Å². The largest absolute Gasteiger partial charge is 0.393 e. The molecule has 0 aliphatic carbocycles. The summed E-state index contributed by atoms with van der Waals surface area (Å²) in [4.78, 5) is 0. The van der Waals surface area contributed by atoms with Crippen LogP contribution in [0.1, 0.15) is 32.4 Å². The first-order valence-electron chi connectivity index (χ1n) is 6.68. The van der Waals surface area contributed by atoms with Gasteiger partial charge in [0, 0.05) is 12.4 Å². The van der Waals surface area contributed by atoms with Crippen LogP contribution in [-0.2, 0) is 13.5 Å². The van der Waals surface area contributed by atoms with Crippen molar-refractivity contribution in [3.8, 4) is 0 Å². The average Bonchev–Trinajstić information content (AvgIpc) is 2.67. The molecule has 0 fully saturated rings. The Morgan fingerprint density at radius 1 is 1.28 bits per heavy atom. The van der Waals surface area contributed by atoms with E-state index in [9.17, 15) is 5.11 Å². The van der Waals surface area contributed by atoms with Crippen molar-refractivity contribution in [1.29, 1.82) is 0 Å². The van der Waals surface area contributed by atoms with Crippen LogP contribution in [0.3, 0.4) is 0 Å². The summed E-state index contributed by atoms with van der Waals surface area (Å²) in [6.07, 6.45) is 2.58. The van der Waals surface area contributed by atoms with Crippen molar-refractivity contribution in [1.82, 2.24) is 9.78 Å². The fourth-order valence-corrected chi connectivity index (χ4v) is 2.29. The molecule has 0 aliphatic rings. The highest BCUT2D eigenvalue weighted by Gasteiger charge is 2.11. The van der Waals surface area contributed by atoms with Gasteiger partial charge in [0.15, 0.2) is 0 Å². The van der Waals surface area contributed by atoms with Crippen molar-refractivity contribution >= 4 is 10.9 Å². The first-order valence-corrected chi connectivity index (χ1v) is 6.68. The van der Waals surface area contributed by atoms with E-state index < -0.39 is 0 Å². The van der Waals surface area contributed by atoms with Crippen LogP contribution in [0.5, 0.6) is 0 Å². The lowest BCUT2D eigenvalue weighted by Gasteiger charge is -2.13. The second-order valence-electron chi connectivity index (χ2n) is 5.29. The van der Waals surface area contributed by atoms with Crippen molar-refractivity contribution in [2.75, 3.05) is 0 Å². The monoisotopic (exact) mass is 246 g/mol. The highest BCUT2D eigenvalue weighted by molar-refractivity contribution is 5.81. The maximum Gasteiger partial charge on any atom is 0.0703 e. The number of fused-ring (bicyclic) bond motifs is 1. The van der Waals surface area contributed by atoms with Gasteiger partial charge in [0.05, 0.1) is 17.3 Å². The minimum Gasteiger partial charge on any atom is -0.393 e. The number of benzene rings is 1. The van der Waals surface area contributed by atoms with E-state index in [0.29, 0.717) is 5.92 Å². The summed E-state index contributed by atoms with van der Waals surface area (Å²) >= 11 is 0. The Morgan fingerprint density at radius 2 is 2.00 bits per heavy atom. The molecule has 0 saturated heterocycles. The SMILES string of the molecule is CC(C)C(O)CCCc1nn(C)c2ccccc12. The molecule has 1 aromatic carbocycles. The molecule has 0 spiro atoms. The fraction of sp³-hybridized carbons (Fsp3) is 0.533. The third-order valence-electron chi connectivity index (χ3n) is 3.52. The standard InChI is InChI=1S/C15H22N2O/c1-11(2)15(18)10-6-8-13-12-7-4-5-9-14(12)17(3)16-13/h4-5,7,9,11,15,18H,6,8,10H2,1-3H3. The molecule has 0 aliphatic heterocycles. The normalized spacial score (nSPS) is 13.4. The number of hydrogen-bond donors (Lipinski definition) is 1. The van der Waals surface area contributed by atoms with Crippen molar-refractivity contribution in [3.63, 3.8) is 0 Å². The molecule has 18 heavy (non-hydrogen) atoms. The third kappa shape index (κ3) is 2.72. The smallest absolute Gasteiger partial charge is 0.0703 e. The summed E-state index contributed by atoms with van der Waals surface area (Å²) in [5.74, 6) is 0.338. The molecule has 1 unspecified atom stereocenters. The van der Waals surface area contributed by atoms with Gasteiger partial charge in [0.2, 0.25) is 0 Å². The molecule has 2 rings (SSSR count). The zero-order valence-electron chi connectivity index (χ0n) is 11.4. The molecule has 3 nitrogen and oxygen atoms in total.